The van der Waals surface area contributed by atoms with Gasteiger partial charge < -0.3 is 10.1 Å². The molecule has 1 atom stereocenters. The second-order valence-corrected chi connectivity index (χ2v) is 7.49. The van der Waals surface area contributed by atoms with Crippen molar-refractivity contribution in [3.8, 4) is 0 Å². The van der Waals surface area contributed by atoms with Crippen LogP contribution in [0.15, 0.2) is 24.3 Å². The largest absolute Gasteiger partial charge is 0.444 e. The molecule has 1 aromatic rings. The van der Waals surface area contributed by atoms with Crippen LogP contribution in [-0.4, -0.2) is 35.7 Å². The van der Waals surface area contributed by atoms with Crippen molar-refractivity contribution >= 4 is 6.09 Å². The average Bonchev–Trinajstić information content (AvgIpc) is 2.47. The number of ether oxygens (including phenoxy) is 1. The molecule has 1 N–H and O–H groups in total. The van der Waals surface area contributed by atoms with Crippen LogP contribution in [0.5, 0.6) is 0 Å². The molecule has 1 fully saturated rings. The van der Waals surface area contributed by atoms with Crippen molar-refractivity contribution in [1.29, 1.82) is 0 Å². The molecular weight excluding hydrogens is 288 g/mol. The van der Waals surface area contributed by atoms with Crippen molar-refractivity contribution in [2.75, 3.05) is 13.1 Å². The van der Waals surface area contributed by atoms with Crippen LogP contribution in [0.25, 0.3) is 0 Å². The van der Waals surface area contributed by atoms with E-state index in [-0.39, 0.29) is 6.09 Å². The molecule has 1 unspecified atom stereocenters. The molecule has 0 aliphatic carbocycles. The molecule has 0 aromatic heterocycles. The summed E-state index contributed by atoms with van der Waals surface area (Å²) in [5.74, 6) is 0. The minimum absolute atomic E-state index is 0.321. The van der Waals surface area contributed by atoms with E-state index in [0.717, 1.165) is 19.5 Å². The van der Waals surface area contributed by atoms with Gasteiger partial charge in [-0.3, -0.25) is 4.90 Å². The standard InChI is InChI=1S/C19H30N2O2/c1-15-8-10-16(11-9-15)14-21-12-6-5-7-17(21)13-20-18(22)23-19(2,3)4/h8-11,17H,5-7,12-14H2,1-4H3,(H,20,22). The van der Waals surface area contributed by atoms with Crippen LogP contribution in [0.2, 0.25) is 0 Å². The number of hydrogen-bond donors (Lipinski definition) is 1. The molecular formula is C19H30N2O2. The summed E-state index contributed by atoms with van der Waals surface area (Å²) in [6.07, 6.45) is 3.26. The van der Waals surface area contributed by atoms with Gasteiger partial charge in [-0.2, -0.15) is 0 Å². The molecule has 1 aromatic carbocycles. The van der Waals surface area contributed by atoms with Crippen molar-refractivity contribution in [1.82, 2.24) is 10.2 Å². The van der Waals surface area contributed by atoms with Crippen molar-refractivity contribution in [2.45, 2.75) is 65.1 Å². The highest BCUT2D eigenvalue weighted by Gasteiger charge is 2.24. The summed E-state index contributed by atoms with van der Waals surface area (Å²) in [5.41, 5.74) is 2.17. The lowest BCUT2D eigenvalue weighted by Crippen LogP contribution is -2.47. The summed E-state index contributed by atoms with van der Waals surface area (Å²) < 4.78 is 5.33. The van der Waals surface area contributed by atoms with Gasteiger partial charge in [-0.05, 0) is 52.6 Å². The van der Waals surface area contributed by atoms with E-state index in [4.69, 9.17) is 4.74 Å². The quantitative estimate of drug-likeness (QED) is 0.916. The predicted molar refractivity (Wildman–Crippen MR) is 93.5 cm³/mol. The monoisotopic (exact) mass is 318 g/mol. The first-order valence-corrected chi connectivity index (χ1v) is 8.60. The van der Waals surface area contributed by atoms with E-state index in [2.05, 4.69) is 41.4 Å². The molecule has 1 saturated heterocycles. The van der Waals surface area contributed by atoms with E-state index < -0.39 is 5.60 Å². The Bertz CT molecular complexity index is 505. The van der Waals surface area contributed by atoms with Crippen molar-refractivity contribution in [2.24, 2.45) is 0 Å². The van der Waals surface area contributed by atoms with Crippen LogP contribution < -0.4 is 5.32 Å². The summed E-state index contributed by atoms with van der Waals surface area (Å²) in [6.45, 7) is 10.5. The Morgan fingerprint density at radius 2 is 1.96 bits per heavy atom. The van der Waals surface area contributed by atoms with Crippen molar-refractivity contribution in [3.63, 3.8) is 0 Å². The lowest BCUT2D eigenvalue weighted by Gasteiger charge is -2.36. The molecule has 4 heteroatoms. The first kappa shape index (κ1) is 17.8. The third-order valence-corrected chi connectivity index (χ3v) is 4.14. The van der Waals surface area contributed by atoms with E-state index in [1.54, 1.807) is 0 Å². The molecule has 0 spiro atoms. The number of piperidine rings is 1. The van der Waals surface area contributed by atoms with Gasteiger partial charge in [0.2, 0.25) is 0 Å². The molecule has 0 bridgehead atoms. The Balaban J connectivity index is 1.88. The summed E-state index contributed by atoms with van der Waals surface area (Å²) in [7, 11) is 0. The average molecular weight is 318 g/mol. The zero-order valence-corrected chi connectivity index (χ0v) is 14.9. The van der Waals surface area contributed by atoms with Gasteiger partial charge in [-0.1, -0.05) is 36.2 Å². The number of likely N-dealkylation sites (tertiary alicyclic amines) is 1. The number of rotatable bonds is 4. The van der Waals surface area contributed by atoms with Gasteiger partial charge in [0.15, 0.2) is 0 Å². The molecule has 0 saturated carbocycles. The van der Waals surface area contributed by atoms with Crippen LogP contribution >= 0.6 is 0 Å². The number of benzene rings is 1. The first-order valence-electron chi connectivity index (χ1n) is 8.60. The molecule has 1 heterocycles. The number of alkyl carbamates (subject to hydrolysis) is 1. The smallest absolute Gasteiger partial charge is 0.407 e. The van der Waals surface area contributed by atoms with E-state index >= 15 is 0 Å². The molecule has 23 heavy (non-hydrogen) atoms. The van der Waals surface area contributed by atoms with Gasteiger partial charge >= 0.3 is 6.09 Å². The van der Waals surface area contributed by atoms with Gasteiger partial charge in [-0.15, -0.1) is 0 Å². The van der Waals surface area contributed by atoms with Crippen LogP contribution in [0, 0.1) is 6.92 Å². The second-order valence-electron chi connectivity index (χ2n) is 7.49. The van der Waals surface area contributed by atoms with Crippen LogP contribution in [0.4, 0.5) is 4.79 Å². The normalized spacial score (nSPS) is 19.4. The van der Waals surface area contributed by atoms with E-state index in [1.807, 2.05) is 20.8 Å². The summed E-state index contributed by atoms with van der Waals surface area (Å²) in [4.78, 5) is 14.3. The maximum Gasteiger partial charge on any atom is 0.407 e. The summed E-state index contributed by atoms with van der Waals surface area (Å²) in [5, 5.41) is 2.93. The Labute approximate surface area is 140 Å². The van der Waals surface area contributed by atoms with Gasteiger partial charge in [0.1, 0.15) is 5.60 Å². The zero-order chi connectivity index (χ0) is 16.9. The Morgan fingerprint density at radius 3 is 2.61 bits per heavy atom. The van der Waals surface area contributed by atoms with Gasteiger partial charge in [-0.25, -0.2) is 4.79 Å². The number of nitrogens with one attached hydrogen (secondary N) is 1. The van der Waals surface area contributed by atoms with E-state index in [1.165, 1.54) is 24.0 Å². The molecule has 2 rings (SSSR count). The zero-order valence-electron chi connectivity index (χ0n) is 14.9. The second kappa shape index (κ2) is 7.82. The fourth-order valence-corrected chi connectivity index (χ4v) is 2.94. The van der Waals surface area contributed by atoms with Gasteiger partial charge in [0.05, 0.1) is 0 Å². The molecule has 128 valence electrons. The molecule has 0 radical (unpaired) electrons. The number of amides is 1. The predicted octanol–water partition coefficient (Wildman–Crippen LogP) is 3.87. The maximum atomic E-state index is 11.9. The molecule has 4 nitrogen and oxygen atoms in total. The van der Waals surface area contributed by atoms with Crippen LogP contribution in [-0.2, 0) is 11.3 Å². The third-order valence-electron chi connectivity index (χ3n) is 4.14. The summed E-state index contributed by atoms with van der Waals surface area (Å²) >= 11 is 0. The number of carbonyl (C=O) groups is 1. The van der Waals surface area contributed by atoms with E-state index in [0.29, 0.717) is 12.6 Å². The lowest BCUT2D eigenvalue weighted by atomic mass is 10.0. The number of aryl methyl sites for hydroxylation is 1. The Kier molecular flexibility index (Phi) is 6.05. The number of nitrogens with zero attached hydrogens (tertiary/aromatic N) is 1. The molecule has 1 aliphatic rings. The highest BCUT2D eigenvalue weighted by Crippen LogP contribution is 2.19. The SMILES string of the molecule is Cc1ccc(CN2CCCCC2CNC(=O)OC(C)(C)C)cc1. The van der Waals surface area contributed by atoms with Crippen LogP contribution in [0.3, 0.4) is 0 Å². The number of hydrogen-bond acceptors (Lipinski definition) is 3. The topological polar surface area (TPSA) is 41.6 Å². The first-order chi connectivity index (χ1) is 10.8. The van der Waals surface area contributed by atoms with Crippen molar-refractivity contribution < 1.29 is 9.53 Å². The maximum absolute atomic E-state index is 11.9. The highest BCUT2D eigenvalue weighted by molar-refractivity contribution is 5.67. The van der Waals surface area contributed by atoms with Gasteiger partial charge in [0.25, 0.3) is 0 Å². The van der Waals surface area contributed by atoms with Crippen LogP contribution in [0.1, 0.15) is 51.2 Å². The minimum atomic E-state index is -0.446. The fraction of sp³-hybridized carbons (Fsp3) is 0.632. The summed E-state index contributed by atoms with van der Waals surface area (Å²) in [6, 6.07) is 9.10. The Morgan fingerprint density at radius 1 is 1.26 bits per heavy atom. The minimum Gasteiger partial charge on any atom is -0.444 e. The Hall–Kier alpha value is -1.55. The molecule has 1 amide bonds. The van der Waals surface area contributed by atoms with Crippen molar-refractivity contribution in [3.05, 3.63) is 35.4 Å². The third kappa shape index (κ3) is 6.22. The van der Waals surface area contributed by atoms with E-state index in [9.17, 15) is 4.79 Å². The molecule has 1 aliphatic heterocycles. The fourth-order valence-electron chi connectivity index (χ4n) is 2.94. The van der Waals surface area contributed by atoms with Gasteiger partial charge in [0, 0.05) is 19.1 Å². The number of carbonyl (C=O) groups excluding carboxylic acids is 1. The lowest BCUT2D eigenvalue weighted by molar-refractivity contribution is 0.0492. The highest BCUT2D eigenvalue weighted by atomic mass is 16.6.